The summed E-state index contributed by atoms with van der Waals surface area (Å²) in [4.78, 5) is 52.5. The smallest absolute Gasteiger partial charge is 0.262 e. The molecule has 2 bridgehead atoms. The molecule has 0 aromatic heterocycles. The van der Waals surface area contributed by atoms with E-state index in [9.17, 15) is 19.2 Å². The quantitative estimate of drug-likeness (QED) is 0.112. The number of hydrogen-bond donors (Lipinski definition) is 1. The van der Waals surface area contributed by atoms with Crippen LogP contribution in [-0.2, 0) is 20.8 Å². The highest BCUT2D eigenvalue weighted by Gasteiger charge is 2.59. The van der Waals surface area contributed by atoms with Crippen molar-refractivity contribution in [1.82, 2.24) is 0 Å². The average molecular weight is 630 g/mol. The Morgan fingerprint density at radius 3 is 2.07 bits per heavy atom. The Kier molecular flexibility index (Phi) is 8.18. The van der Waals surface area contributed by atoms with Crippen LogP contribution in [0.15, 0.2) is 85.0 Å². The number of carbonyl (C=O) groups is 4. The van der Waals surface area contributed by atoms with Crippen LogP contribution in [0.2, 0.25) is 10.0 Å². The molecule has 1 aliphatic heterocycles. The van der Waals surface area contributed by atoms with Gasteiger partial charge in [0.1, 0.15) is 10.8 Å². The van der Waals surface area contributed by atoms with Gasteiger partial charge in [-0.05, 0) is 84.2 Å². The molecule has 0 spiro atoms. The molecule has 1 saturated heterocycles. The van der Waals surface area contributed by atoms with Crippen LogP contribution in [0.25, 0.3) is 0 Å². The molecule has 3 aromatic carbocycles. The minimum absolute atomic E-state index is 0.0528. The first-order chi connectivity index (χ1) is 21.2. The molecule has 4 atom stereocenters. The SMILES string of the molecule is C=C(CC)C(=O)c1ccc(OCC(=O)Nc2ccc(Cc3ccc(N4C(=O)C5C6C=CC(C6)C5C4=O)cc3)cc2)c(Cl)c1Cl. The molecule has 2 aliphatic carbocycles. The van der Waals surface area contributed by atoms with Gasteiger partial charge in [0, 0.05) is 11.3 Å². The Labute approximate surface area is 265 Å². The van der Waals surface area contributed by atoms with E-state index in [0.29, 0.717) is 29.8 Å². The number of nitrogens with one attached hydrogen (secondary N) is 1. The summed E-state index contributed by atoms with van der Waals surface area (Å²) in [6.07, 6.45) is 6.23. The van der Waals surface area contributed by atoms with Crippen LogP contribution < -0.4 is 15.0 Å². The number of rotatable bonds is 10. The number of nitrogens with zero attached hydrogens (tertiary/aromatic N) is 1. The first kappa shape index (κ1) is 29.9. The summed E-state index contributed by atoms with van der Waals surface area (Å²) in [6.45, 7) is 5.26. The normalized spacial score (nSPS) is 21.5. The number of benzene rings is 3. The molecule has 0 radical (unpaired) electrons. The second-order valence-corrected chi connectivity index (χ2v) is 12.2. The number of halogens is 2. The minimum atomic E-state index is -0.390. The number of amides is 3. The van der Waals surface area contributed by atoms with Crippen molar-refractivity contribution in [3.8, 4) is 5.75 Å². The Balaban J connectivity index is 1.02. The molecule has 1 saturated carbocycles. The van der Waals surface area contributed by atoms with Gasteiger partial charge in [0.25, 0.3) is 5.91 Å². The van der Waals surface area contributed by atoms with Crippen LogP contribution in [0, 0.1) is 23.7 Å². The molecule has 1 N–H and O–H groups in total. The van der Waals surface area contributed by atoms with E-state index in [4.69, 9.17) is 27.9 Å². The summed E-state index contributed by atoms with van der Waals surface area (Å²) < 4.78 is 5.56. The minimum Gasteiger partial charge on any atom is -0.482 e. The van der Waals surface area contributed by atoms with E-state index in [1.807, 2.05) is 43.3 Å². The van der Waals surface area contributed by atoms with Crippen LogP contribution in [0.1, 0.15) is 41.3 Å². The van der Waals surface area contributed by atoms with Gasteiger partial charge in [-0.2, -0.15) is 0 Å². The van der Waals surface area contributed by atoms with Crippen molar-refractivity contribution in [3.63, 3.8) is 0 Å². The summed E-state index contributed by atoms with van der Waals surface area (Å²) in [5, 5.41) is 2.89. The molecule has 7 nitrogen and oxygen atoms in total. The molecule has 3 aliphatic rings. The molecule has 6 rings (SSSR count). The zero-order valence-electron chi connectivity index (χ0n) is 24.0. The van der Waals surface area contributed by atoms with Crippen LogP contribution in [0.5, 0.6) is 5.75 Å². The van der Waals surface area contributed by atoms with Gasteiger partial charge < -0.3 is 10.1 Å². The number of Topliss-reactive ketones (excluding diaryl/α,β-unsaturated/α-hetero) is 1. The van der Waals surface area contributed by atoms with Gasteiger partial charge in [-0.25, -0.2) is 0 Å². The van der Waals surface area contributed by atoms with Crippen molar-refractivity contribution >= 4 is 58.1 Å². The third-order valence-electron chi connectivity index (χ3n) is 8.71. The Morgan fingerprint density at radius 2 is 1.48 bits per heavy atom. The lowest BCUT2D eigenvalue weighted by molar-refractivity contribution is -0.123. The Hall–Kier alpha value is -4.20. The summed E-state index contributed by atoms with van der Waals surface area (Å²) >= 11 is 12.6. The van der Waals surface area contributed by atoms with Gasteiger partial charge in [-0.3, -0.25) is 24.1 Å². The number of imide groups is 1. The Morgan fingerprint density at radius 1 is 0.886 bits per heavy atom. The second-order valence-electron chi connectivity index (χ2n) is 11.4. The lowest BCUT2D eigenvalue weighted by atomic mass is 9.85. The van der Waals surface area contributed by atoms with Crippen LogP contribution in [-0.4, -0.2) is 30.1 Å². The fraction of sp³-hybridized carbons (Fsp3) is 0.257. The highest BCUT2D eigenvalue weighted by molar-refractivity contribution is 6.45. The maximum absolute atomic E-state index is 13.1. The van der Waals surface area contributed by atoms with Gasteiger partial charge in [-0.1, -0.05) is 73.1 Å². The number of anilines is 2. The number of hydrogen-bond acceptors (Lipinski definition) is 5. The van der Waals surface area contributed by atoms with Gasteiger partial charge in [0.2, 0.25) is 11.8 Å². The highest BCUT2D eigenvalue weighted by Crippen LogP contribution is 2.53. The van der Waals surface area contributed by atoms with Gasteiger partial charge in [0.05, 0.1) is 22.5 Å². The predicted octanol–water partition coefficient (Wildman–Crippen LogP) is 7.06. The number of allylic oxidation sites excluding steroid dienone is 3. The molecule has 3 aromatic rings. The number of carbonyl (C=O) groups excluding carboxylic acids is 4. The molecule has 3 amide bonds. The summed E-state index contributed by atoms with van der Waals surface area (Å²) in [5.41, 5.74) is 3.93. The lowest BCUT2D eigenvalue weighted by Gasteiger charge is -2.17. The first-order valence-corrected chi connectivity index (χ1v) is 15.3. The van der Waals surface area contributed by atoms with Crippen LogP contribution in [0.3, 0.4) is 0 Å². The van der Waals surface area contributed by atoms with Gasteiger partial charge in [0.15, 0.2) is 12.4 Å². The van der Waals surface area contributed by atoms with Crippen molar-refractivity contribution in [2.24, 2.45) is 23.7 Å². The van der Waals surface area contributed by atoms with Crippen LogP contribution >= 0.6 is 23.2 Å². The van der Waals surface area contributed by atoms with E-state index in [2.05, 4.69) is 24.0 Å². The number of ether oxygens (including phenoxy) is 1. The number of fused-ring (bicyclic) bond motifs is 5. The maximum atomic E-state index is 13.1. The van der Waals surface area contributed by atoms with Crippen LogP contribution in [0.4, 0.5) is 11.4 Å². The third-order valence-corrected chi connectivity index (χ3v) is 9.57. The van der Waals surface area contributed by atoms with E-state index in [1.54, 1.807) is 12.1 Å². The zero-order chi connectivity index (χ0) is 31.1. The molecule has 2 fully saturated rings. The van der Waals surface area contributed by atoms with E-state index in [1.165, 1.54) is 17.0 Å². The Bertz CT molecular complexity index is 1680. The standard InChI is InChI=1S/C35H30Cl2N2O5/c1-3-19(2)33(41)26-14-15-27(32(37)31(26)36)44-18-28(40)38-24-10-4-20(5-11-24)16-21-6-12-25(13-7-21)39-34(42)29-22-8-9-23(17-22)30(29)35(39)43/h4-15,22-23,29-30H,2-3,16-18H2,1H3,(H,38,40). The summed E-state index contributed by atoms with van der Waals surface area (Å²) in [6, 6.07) is 18.0. The molecule has 4 unspecified atom stereocenters. The highest BCUT2D eigenvalue weighted by atomic mass is 35.5. The van der Waals surface area contributed by atoms with E-state index >= 15 is 0 Å². The van der Waals surface area contributed by atoms with E-state index in [0.717, 1.165) is 17.5 Å². The van der Waals surface area contributed by atoms with Gasteiger partial charge >= 0.3 is 0 Å². The average Bonchev–Trinajstić information content (AvgIpc) is 3.72. The molecule has 9 heteroatoms. The zero-order valence-corrected chi connectivity index (χ0v) is 25.5. The van der Waals surface area contributed by atoms with Gasteiger partial charge in [-0.15, -0.1) is 0 Å². The first-order valence-electron chi connectivity index (χ1n) is 14.5. The van der Waals surface area contributed by atoms with Crippen molar-refractivity contribution in [2.45, 2.75) is 26.2 Å². The predicted molar refractivity (Wildman–Crippen MR) is 170 cm³/mol. The third kappa shape index (κ3) is 5.46. The molecular formula is C35H30Cl2N2O5. The monoisotopic (exact) mass is 628 g/mol. The van der Waals surface area contributed by atoms with Crippen molar-refractivity contribution in [3.05, 3.63) is 112 Å². The second kappa shape index (κ2) is 12.1. The summed E-state index contributed by atoms with van der Waals surface area (Å²) in [7, 11) is 0. The molecular weight excluding hydrogens is 599 g/mol. The van der Waals surface area contributed by atoms with E-state index in [-0.39, 0.29) is 75.1 Å². The molecule has 44 heavy (non-hydrogen) atoms. The number of ketones is 1. The van der Waals surface area contributed by atoms with Crippen molar-refractivity contribution in [2.75, 3.05) is 16.8 Å². The molecule has 1 heterocycles. The topological polar surface area (TPSA) is 92.8 Å². The molecule has 224 valence electrons. The fourth-order valence-electron chi connectivity index (χ4n) is 6.37. The summed E-state index contributed by atoms with van der Waals surface area (Å²) in [5.74, 6) is -0.702. The van der Waals surface area contributed by atoms with Crippen molar-refractivity contribution in [1.29, 1.82) is 0 Å². The largest absolute Gasteiger partial charge is 0.482 e. The fourth-order valence-corrected chi connectivity index (χ4v) is 6.83. The maximum Gasteiger partial charge on any atom is 0.262 e. The lowest BCUT2D eigenvalue weighted by Crippen LogP contribution is -2.32. The van der Waals surface area contributed by atoms with E-state index < -0.39 is 0 Å². The van der Waals surface area contributed by atoms with Crippen molar-refractivity contribution < 1.29 is 23.9 Å².